The van der Waals surface area contributed by atoms with Crippen LogP contribution in [0.1, 0.15) is 17.4 Å². The summed E-state index contributed by atoms with van der Waals surface area (Å²) in [6, 6.07) is 7.78. The zero-order chi connectivity index (χ0) is 10.7. The number of aliphatic imine (C=N–C) groups is 2. The lowest BCUT2D eigenvalue weighted by Gasteiger charge is -2.13. The largest absolute Gasteiger partial charge is 0.481 e. The molecule has 0 aromatic heterocycles. The molecule has 0 spiro atoms. The maximum absolute atomic E-state index is 5.26. The van der Waals surface area contributed by atoms with E-state index in [0.29, 0.717) is 5.90 Å². The Bertz CT molecular complexity index is 413. The molecule has 1 aliphatic rings. The lowest BCUT2D eigenvalue weighted by molar-refractivity contribution is 0.112. The summed E-state index contributed by atoms with van der Waals surface area (Å²) in [5.74, 6) is 0.564. The number of ether oxygens (including phenoxy) is 2. The van der Waals surface area contributed by atoms with Crippen molar-refractivity contribution in [3.63, 3.8) is 0 Å². The van der Waals surface area contributed by atoms with E-state index in [9.17, 15) is 0 Å². The second kappa shape index (κ2) is 4.23. The number of fused-ring (bicyclic) bond motifs is 1. The molecule has 1 aromatic rings. The first-order valence-electron chi connectivity index (χ1n) is 4.62. The summed E-state index contributed by atoms with van der Waals surface area (Å²) in [5, 5.41) is 0. The van der Waals surface area contributed by atoms with Gasteiger partial charge in [0.05, 0.1) is 7.11 Å². The van der Waals surface area contributed by atoms with Gasteiger partial charge in [0.1, 0.15) is 6.34 Å². The van der Waals surface area contributed by atoms with E-state index in [1.54, 1.807) is 14.2 Å². The number of hydrogen-bond donors (Lipinski definition) is 0. The molecule has 0 fully saturated rings. The molecule has 0 amide bonds. The maximum Gasteiger partial charge on any atom is 0.222 e. The van der Waals surface area contributed by atoms with Crippen molar-refractivity contribution < 1.29 is 9.47 Å². The fraction of sp³-hybridized carbons (Fsp3) is 0.273. The highest BCUT2D eigenvalue weighted by atomic mass is 16.5. The quantitative estimate of drug-likeness (QED) is 0.699. The van der Waals surface area contributed by atoms with Gasteiger partial charge in [-0.15, -0.1) is 0 Å². The Morgan fingerprint density at radius 2 is 2.00 bits per heavy atom. The minimum Gasteiger partial charge on any atom is -0.481 e. The zero-order valence-corrected chi connectivity index (χ0v) is 8.68. The average molecular weight is 204 g/mol. The summed E-state index contributed by atoms with van der Waals surface area (Å²) in [4.78, 5) is 8.27. The third-order valence-electron chi connectivity index (χ3n) is 2.25. The average Bonchev–Trinajstić information content (AvgIpc) is 2.47. The van der Waals surface area contributed by atoms with Crippen LogP contribution in [0.25, 0.3) is 0 Å². The molecule has 1 atom stereocenters. The fourth-order valence-corrected chi connectivity index (χ4v) is 1.55. The first-order chi connectivity index (χ1) is 7.36. The van der Waals surface area contributed by atoms with Gasteiger partial charge < -0.3 is 9.47 Å². The van der Waals surface area contributed by atoms with E-state index in [0.717, 1.165) is 11.1 Å². The third-order valence-corrected chi connectivity index (χ3v) is 2.25. The molecule has 1 aliphatic heterocycles. The number of methoxy groups -OCH3 is 2. The molecule has 2 rings (SSSR count). The molecule has 4 nitrogen and oxygen atoms in total. The van der Waals surface area contributed by atoms with Crippen molar-refractivity contribution in [3.8, 4) is 0 Å². The number of benzene rings is 1. The van der Waals surface area contributed by atoms with Gasteiger partial charge in [0.2, 0.25) is 5.90 Å². The van der Waals surface area contributed by atoms with E-state index in [-0.39, 0.29) is 6.23 Å². The molecule has 0 aliphatic carbocycles. The topological polar surface area (TPSA) is 43.2 Å². The zero-order valence-electron chi connectivity index (χ0n) is 8.68. The molecule has 0 bridgehead atoms. The minimum atomic E-state index is -0.308. The van der Waals surface area contributed by atoms with Crippen LogP contribution in [0, 0.1) is 0 Å². The van der Waals surface area contributed by atoms with Crippen LogP contribution in [0.2, 0.25) is 0 Å². The summed E-state index contributed by atoms with van der Waals surface area (Å²) in [6.45, 7) is 0. The molecule has 0 saturated heterocycles. The van der Waals surface area contributed by atoms with Gasteiger partial charge in [-0.3, -0.25) is 0 Å². The highest BCUT2D eigenvalue weighted by molar-refractivity contribution is 6.00. The second-order valence-electron chi connectivity index (χ2n) is 3.08. The van der Waals surface area contributed by atoms with Gasteiger partial charge in [0.25, 0.3) is 0 Å². The summed E-state index contributed by atoms with van der Waals surface area (Å²) < 4.78 is 10.5. The molecule has 78 valence electrons. The van der Waals surface area contributed by atoms with Crippen LogP contribution in [0.5, 0.6) is 0 Å². The number of hydrogen-bond acceptors (Lipinski definition) is 4. The molecular formula is C11H12N2O2. The van der Waals surface area contributed by atoms with Gasteiger partial charge in [-0.2, -0.15) is 0 Å². The van der Waals surface area contributed by atoms with Gasteiger partial charge in [-0.05, 0) is 6.07 Å². The van der Waals surface area contributed by atoms with E-state index in [4.69, 9.17) is 9.47 Å². The van der Waals surface area contributed by atoms with Crippen molar-refractivity contribution in [3.05, 3.63) is 35.4 Å². The smallest absolute Gasteiger partial charge is 0.222 e. The molecule has 0 saturated carbocycles. The second-order valence-corrected chi connectivity index (χ2v) is 3.08. The number of nitrogens with zero attached hydrogens (tertiary/aromatic N) is 2. The van der Waals surface area contributed by atoms with Gasteiger partial charge >= 0.3 is 0 Å². The van der Waals surface area contributed by atoms with Crippen molar-refractivity contribution in [2.45, 2.75) is 6.23 Å². The monoisotopic (exact) mass is 204 g/mol. The normalized spacial score (nSPS) is 19.1. The number of rotatable bonds is 1. The molecule has 4 heteroatoms. The van der Waals surface area contributed by atoms with E-state index in [1.165, 1.54) is 6.34 Å². The van der Waals surface area contributed by atoms with Crippen LogP contribution in [-0.2, 0) is 9.47 Å². The summed E-state index contributed by atoms with van der Waals surface area (Å²) in [5.41, 5.74) is 1.89. The molecule has 1 unspecified atom stereocenters. The van der Waals surface area contributed by atoms with Gasteiger partial charge in [0, 0.05) is 18.2 Å². The standard InChI is InChI=1S/C11H12N2O2/c1-14-10-8-5-3-4-6-9(8)11(15-2)13-7-12-10/h3-7,10H,1-2H3. The Kier molecular flexibility index (Phi) is 2.78. The van der Waals surface area contributed by atoms with Crippen LogP contribution < -0.4 is 0 Å². The Labute approximate surface area is 88.3 Å². The predicted octanol–water partition coefficient (Wildman–Crippen LogP) is 1.77. The van der Waals surface area contributed by atoms with Crippen LogP contribution in [0.3, 0.4) is 0 Å². The third kappa shape index (κ3) is 1.76. The van der Waals surface area contributed by atoms with Crippen LogP contribution in [-0.4, -0.2) is 26.5 Å². The first-order valence-corrected chi connectivity index (χ1v) is 4.62. The Balaban J connectivity index is 2.54. The van der Waals surface area contributed by atoms with Crippen LogP contribution >= 0.6 is 0 Å². The molecule has 15 heavy (non-hydrogen) atoms. The minimum absolute atomic E-state index is 0.308. The van der Waals surface area contributed by atoms with E-state index < -0.39 is 0 Å². The van der Waals surface area contributed by atoms with E-state index in [2.05, 4.69) is 9.98 Å². The first kappa shape index (κ1) is 9.86. The highest BCUT2D eigenvalue weighted by Crippen LogP contribution is 2.24. The van der Waals surface area contributed by atoms with Crippen LogP contribution in [0.4, 0.5) is 0 Å². The fourth-order valence-electron chi connectivity index (χ4n) is 1.55. The summed E-state index contributed by atoms with van der Waals surface area (Å²) in [7, 11) is 3.22. The Hall–Kier alpha value is -1.68. The van der Waals surface area contributed by atoms with Crippen molar-refractivity contribution in [1.82, 2.24) is 0 Å². The van der Waals surface area contributed by atoms with Crippen molar-refractivity contribution in [1.29, 1.82) is 0 Å². The van der Waals surface area contributed by atoms with E-state index in [1.807, 2.05) is 24.3 Å². The molecule has 0 radical (unpaired) electrons. The van der Waals surface area contributed by atoms with Gasteiger partial charge in [-0.1, -0.05) is 18.2 Å². The predicted molar refractivity (Wildman–Crippen MR) is 58.2 cm³/mol. The lowest BCUT2D eigenvalue weighted by Crippen LogP contribution is -2.08. The summed E-state index contributed by atoms with van der Waals surface area (Å²) >= 11 is 0. The highest BCUT2D eigenvalue weighted by Gasteiger charge is 2.18. The lowest BCUT2D eigenvalue weighted by atomic mass is 10.1. The molecule has 1 aromatic carbocycles. The van der Waals surface area contributed by atoms with Gasteiger partial charge in [-0.25, -0.2) is 9.98 Å². The SMILES string of the molecule is COC1=NC=NC(OC)c2ccccc21. The van der Waals surface area contributed by atoms with Gasteiger partial charge in [0.15, 0.2) is 6.23 Å². The van der Waals surface area contributed by atoms with Crippen LogP contribution in [0.15, 0.2) is 34.3 Å². The van der Waals surface area contributed by atoms with E-state index >= 15 is 0 Å². The van der Waals surface area contributed by atoms with Crippen molar-refractivity contribution in [2.75, 3.05) is 14.2 Å². The van der Waals surface area contributed by atoms with Crippen molar-refractivity contribution >= 4 is 12.2 Å². The molecule has 1 heterocycles. The Morgan fingerprint density at radius 1 is 1.20 bits per heavy atom. The summed E-state index contributed by atoms with van der Waals surface area (Å²) in [6.07, 6.45) is 1.16. The molecular weight excluding hydrogens is 192 g/mol. The maximum atomic E-state index is 5.26. The Morgan fingerprint density at radius 3 is 2.73 bits per heavy atom. The molecule has 0 N–H and O–H groups in total. The van der Waals surface area contributed by atoms with Crippen molar-refractivity contribution in [2.24, 2.45) is 9.98 Å².